The van der Waals surface area contributed by atoms with Crippen molar-refractivity contribution in [2.24, 2.45) is 0 Å². The lowest BCUT2D eigenvalue weighted by Gasteiger charge is -2.32. The van der Waals surface area contributed by atoms with E-state index >= 15 is 0 Å². The highest BCUT2D eigenvalue weighted by molar-refractivity contribution is 6.39. The lowest BCUT2D eigenvalue weighted by atomic mass is 10.2. The highest BCUT2D eigenvalue weighted by Crippen LogP contribution is 2.25. The van der Waals surface area contributed by atoms with Crippen LogP contribution < -0.4 is 0 Å². The zero-order valence-corrected chi connectivity index (χ0v) is 14.9. The molecule has 0 aliphatic carbocycles. The molecule has 0 N–H and O–H groups in total. The van der Waals surface area contributed by atoms with Gasteiger partial charge in [-0.3, -0.25) is 0 Å². The topological polar surface area (TPSA) is 6.48 Å². The summed E-state index contributed by atoms with van der Waals surface area (Å²) in [4.78, 5) is 4.75. The molecule has 0 spiro atoms. The van der Waals surface area contributed by atoms with Gasteiger partial charge < -0.3 is 9.80 Å². The van der Waals surface area contributed by atoms with Gasteiger partial charge in [-0.2, -0.15) is 0 Å². The Morgan fingerprint density at radius 1 is 0.619 bits per heavy atom. The highest BCUT2D eigenvalue weighted by atomic mass is 24.5. The highest BCUT2D eigenvalue weighted by Gasteiger charge is 2.26. The Hall–Kier alpha value is -0.874. The molecule has 0 amide bonds. The molecule has 0 fully saturated rings. The number of hydrogen-bond acceptors (Lipinski definition) is 2. The number of benzene rings is 2. The summed E-state index contributed by atoms with van der Waals surface area (Å²) in [5, 5.41) is 0. The number of nitrogens with zero attached hydrogens (tertiary/aromatic N) is 2. The average Bonchev–Trinajstić information content (AvgIpc) is 2.49. The van der Waals surface area contributed by atoms with Crippen molar-refractivity contribution >= 4 is 20.4 Å². The first-order valence-electron chi connectivity index (χ1n) is 7.52. The normalized spacial score (nSPS) is 14.0. The van der Waals surface area contributed by atoms with Crippen LogP contribution in [0.3, 0.4) is 0 Å². The molecule has 21 heavy (non-hydrogen) atoms. The quantitative estimate of drug-likeness (QED) is 0.754. The van der Waals surface area contributed by atoms with Gasteiger partial charge in [-0.05, 0) is 28.2 Å². The predicted molar refractivity (Wildman–Crippen MR) is 91.5 cm³/mol. The summed E-state index contributed by atoms with van der Waals surface area (Å²) < 4.78 is 1.11. The van der Waals surface area contributed by atoms with Crippen molar-refractivity contribution in [3.05, 3.63) is 71.8 Å². The van der Waals surface area contributed by atoms with Gasteiger partial charge in [0, 0.05) is 0 Å². The molecule has 0 saturated heterocycles. The fourth-order valence-corrected chi connectivity index (χ4v) is 5.21. The molecule has 2 unspecified atom stereocenters. The number of hydrogen-bond donors (Lipinski definition) is 0. The molecular formula is C18H24MgN2. The van der Waals surface area contributed by atoms with E-state index in [2.05, 4.69) is 98.7 Å². The largest absolute Gasteiger partial charge is 0.432 e. The minimum atomic E-state index is -0.400. The molecule has 2 atom stereocenters. The van der Waals surface area contributed by atoms with Gasteiger partial charge in [-0.15, -0.1) is 0 Å². The van der Waals surface area contributed by atoms with Crippen molar-refractivity contribution in [1.82, 2.24) is 9.80 Å². The SMILES string of the molecule is CN(C)[CH]([Mg][CH](c1ccccc1)N(C)C)c1ccccc1. The molecule has 108 valence electrons. The van der Waals surface area contributed by atoms with Gasteiger partial charge in [0.15, 0.2) is 0 Å². The molecule has 0 radical (unpaired) electrons. The zero-order chi connectivity index (χ0) is 15.2. The zero-order valence-electron chi connectivity index (χ0n) is 13.5. The minimum Gasteiger partial charge on any atom is -0.328 e. The number of rotatable bonds is 6. The second-order valence-corrected chi connectivity index (χ2v) is 8.03. The Balaban J connectivity index is 2.25. The molecule has 0 bridgehead atoms. The van der Waals surface area contributed by atoms with Gasteiger partial charge in [0.05, 0.1) is 0 Å². The smallest absolute Gasteiger partial charge is 0.328 e. The monoisotopic (exact) mass is 292 g/mol. The van der Waals surface area contributed by atoms with Crippen molar-refractivity contribution in [2.45, 2.75) is 8.34 Å². The molecule has 2 rings (SSSR count). The molecule has 2 nitrogen and oxygen atoms in total. The molecule has 3 heteroatoms. The third kappa shape index (κ3) is 4.55. The Kier molecular flexibility index (Phi) is 6.24. The lowest BCUT2D eigenvalue weighted by molar-refractivity contribution is 0.343. The van der Waals surface area contributed by atoms with Gasteiger partial charge in [-0.25, -0.2) is 0 Å². The van der Waals surface area contributed by atoms with Gasteiger partial charge in [-0.1, -0.05) is 80.1 Å². The van der Waals surface area contributed by atoms with E-state index in [1.54, 1.807) is 0 Å². The summed E-state index contributed by atoms with van der Waals surface area (Å²) >= 11 is -0.400. The van der Waals surface area contributed by atoms with Crippen LogP contribution in [-0.2, 0) is 0 Å². The van der Waals surface area contributed by atoms with E-state index in [1.807, 2.05) is 0 Å². The van der Waals surface area contributed by atoms with Gasteiger partial charge >= 0.3 is 20.4 Å². The Morgan fingerprint density at radius 3 is 1.24 bits per heavy atom. The molecule has 0 aromatic heterocycles. The van der Waals surface area contributed by atoms with Crippen molar-refractivity contribution in [2.75, 3.05) is 28.2 Å². The van der Waals surface area contributed by atoms with Crippen LogP contribution in [-0.4, -0.2) is 58.4 Å². The van der Waals surface area contributed by atoms with E-state index in [1.165, 1.54) is 11.1 Å². The van der Waals surface area contributed by atoms with E-state index in [0.717, 1.165) is 0 Å². The summed E-state index contributed by atoms with van der Waals surface area (Å²) in [7, 11) is 8.79. The molecule has 0 heterocycles. The molecule has 2 aromatic rings. The first kappa shape index (κ1) is 16.5. The van der Waals surface area contributed by atoms with Crippen LogP contribution in [0.4, 0.5) is 0 Å². The second kappa shape index (κ2) is 7.94. The van der Waals surface area contributed by atoms with E-state index in [4.69, 9.17) is 0 Å². The van der Waals surface area contributed by atoms with Crippen LogP contribution in [0.1, 0.15) is 19.5 Å². The fraction of sp³-hybridized carbons (Fsp3) is 0.333. The van der Waals surface area contributed by atoms with Crippen molar-refractivity contribution in [1.29, 1.82) is 0 Å². The summed E-state index contributed by atoms with van der Waals surface area (Å²) in [5.74, 6) is 0. The summed E-state index contributed by atoms with van der Waals surface area (Å²) in [6.45, 7) is 0. The van der Waals surface area contributed by atoms with Gasteiger partial charge in [0.25, 0.3) is 0 Å². The Bertz CT molecular complexity index is 476. The van der Waals surface area contributed by atoms with E-state index in [9.17, 15) is 0 Å². The van der Waals surface area contributed by atoms with Crippen LogP contribution in [0.5, 0.6) is 0 Å². The maximum Gasteiger partial charge on any atom is 0.432 e. The first-order valence-corrected chi connectivity index (χ1v) is 9.15. The van der Waals surface area contributed by atoms with Crippen molar-refractivity contribution in [3.63, 3.8) is 0 Å². The minimum absolute atomic E-state index is 0.400. The van der Waals surface area contributed by atoms with Gasteiger partial charge in [0.2, 0.25) is 0 Å². The molecule has 0 aliphatic heterocycles. The van der Waals surface area contributed by atoms with Crippen molar-refractivity contribution in [3.8, 4) is 0 Å². The molecule has 2 aromatic carbocycles. The van der Waals surface area contributed by atoms with Crippen LogP contribution in [0.25, 0.3) is 0 Å². The fourth-order valence-electron chi connectivity index (χ4n) is 2.85. The third-order valence-corrected chi connectivity index (χ3v) is 7.36. The maximum atomic E-state index is 2.38. The van der Waals surface area contributed by atoms with Gasteiger partial charge in [0.1, 0.15) is 0 Å². The standard InChI is InChI=1S/2C9H12N.Mg/c2*1-10(2)8-9-6-4-3-5-7-9;/h2*3-8H,1-2H3;. The Labute approximate surface area is 138 Å². The van der Waals surface area contributed by atoms with E-state index in [-0.39, 0.29) is 0 Å². The molecule has 0 saturated carbocycles. The van der Waals surface area contributed by atoms with Crippen LogP contribution in [0.2, 0.25) is 0 Å². The average molecular weight is 293 g/mol. The van der Waals surface area contributed by atoms with Crippen LogP contribution >= 0.6 is 0 Å². The summed E-state index contributed by atoms with van der Waals surface area (Å²) in [5.41, 5.74) is 2.88. The first-order chi connectivity index (χ1) is 10.1. The van der Waals surface area contributed by atoms with Crippen LogP contribution in [0, 0.1) is 0 Å². The molecular weight excluding hydrogens is 269 g/mol. The van der Waals surface area contributed by atoms with Crippen molar-refractivity contribution < 1.29 is 0 Å². The predicted octanol–water partition coefficient (Wildman–Crippen LogP) is 3.21. The van der Waals surface area contributed by atoms with E-state index in [0.29, 0.717) is 8.34 Å². The van der Waals surface area contributed by atoms with E-state index < -0.39 is 20.4 Å². The second-order valence-electron chi connectivity index (χ2n) is 6.02. The third-order valence-electron chi connectivity index (χ3n) is 4.06. The summed E-state index contributed by atoms with van der Waals surface area (Å²) in [6.07, 6.45) is 0. The molecule has 0 aliphatic rings. The summed E-state index contributed by atoms with van der Waals surface area (Å²) in [6, 6.07) is 21.8. The lowest BCUT2D eigenvalue weighted by Crippen LogP contribution is -2.35. The Morgan fingerprint density at radius 2 is 0.952 bits per heavy atom. The van der Waals surface area contributed by atoms with Crippen LogP contribution in [0.15, 0.2) is 60.7 Å². The maximum absolute atomic E-state index is 2.38.